The summed E-state index contributed by atoms with van der Waals surface area (Å²) in [5, 5.41) is 14.0. The van der Waals surface area contributed by atoms with Crippen LogP contribution in [0.15, 0.2) is 5.38 Å². The van der Waals surface area contributed by atoms with Crippen LogP contribution >= 0.6 is 22.9 Å². The number of amides is 2. The number of rotatable bonds is 3. The molecule has 0 spiro atoms. The van der Waals surface area contributed by atoms with E-state index in [0.29, 0.717) is 23.1 Å². The molecular formula is C12H12ClN3O2S. The molecular weight excluding hydrogens is 286 g/mol. The predicted molar refractivity (Wildman–Crippen MR) is 73.0 cm³/mol. The second-order valence-corrected chi connectivity index (χ2v) is 5.51. The number of anilines is 1. The number of likely N-dealkylation sites (tertiary alicyclic amines) is 1. The standard InChI is InChI=1S/C12H12ClN3O2S/c1-2-16-5-7(3-10(16)17)11(18)15-12-8(4-14)9(13)6-19-12/h6-7H,2-3,5H2,1H3,(H,15,18)/t7-/m1/s1. The van der Waals surface area contributed by atoms with Crippen LogP contribution < -0.4 is 5.32 Å². The monoisotopic (exact) mass is 297 g/mol. The van der Waals surface area contributed by atoms with Crippen molar-refractivity contribution >= 4 is 39.8 Å². The lowest BCUT2D eigenvalue weighted by Gasteiger charge is -2.13. The number of hydrogen-bond donors (Lipinski definition) is 1. The van der Waals surface area contributed by atoms with Gasteiger partial charge in [-0.15, -0.1) is 11.3 Å². The molecule has 1 aromatic rings. The molecule has 0 aromatic carbocycles. The summed E-state index contributed by atoms with van der Waals surface area (Å²) in [5.41, 5.74) is 0.275. The van der Waals surface area contributed by atoms with Crippen molar-refractivity contribution in [2.45, 2.75) is 13.3 Å². The van der Waals surface area contributed by atoms with Crippen LogP contribution in [-0.2, 0) is 9.59 Å². The predicted octanol–water partition coefficient (Wildman–Crippen LogP) is 2.08. The van der Waals surface area contributed by atoms with E-state index in [-0.39, 0.29) is 29.7 Å². The maximum Gasteiger partial charge on any atom is 0.230 e. The Balaban J connectivity index is 2.06. The number of thiophene rings is 1. The number of nitriles is 1. The Hall–Kier alpha value is -1.58. The molecule has 1 aliphatic rings. The summed E-state index contributed by atoms with van der Waals surface area (Å²) >= 11 is 7.04. The Morgan fingerprint density at radius 2 is 2.47 bits per heavy atom. The second-order valence-electron chi connectivity index (χ2n) is 4.22. The van der Waals surface area contributed by atoms with Crippen molar-refractivity contribution in [2.24, 2.45) is 5.92 Å². The Morgan fingerprint density at radius 1 is 1.74 bits per heavy atom. The molecule has 1 aliphatic heterocycles. The zero-order chi connectivity index (χ0) is 14.0. The Kier molecular flexibility index (Phi) is 4.08. The summed E-state index contributed by atoms with van der Waals surface area (Å²) in [6.45, 7) is 2.92. The molecule has 7 heteroatoms. The third-order valence-corrected chi connectivity index (χ3v) is 4.38. The van der Waals surface area contributed by atoms with Crippen LogP contribution in [0.5, 0.6) is 0 Å². The van der Waals surface area contributed by atoms with E-state index in [9.17, 15) is 9.59 Å². The van der Waals surface area contributed by atoms with Crippen LogP contribution in [0.2, 0.25) is 5.02 Å². The van der Waals surface area contributed by atoms with Crippen molar-refractivity contribution < 1.29 is 9.59 Å². The highest BCUT2D eigenvalue weighted by molar-refractivity contribution is 7.15. The highest BCUT2D eigenvalue weighted by atomic mass is 35.5. The van der Waals surface area contributed by atoms with Gasteiger partial charge in [0, 0.05) is 24.9 Å². The molecule has 2 amide bonds. The second kappa shape index (κ2) is 5.59. The Morgan fingerprint density at radius 3 is 3.05 bits per heavy atom. The zero-order valence-electron chi connectivity index (χ0n) is 10.3. The third-order valence-electron chi connectivity index (χ3n) is 3.06. The first kappa shape index (κ1) is 13.8. The maximum absolute atomic E-state index is 12.1. The average Bonchev–Trinajstić information content (AvgIpc) is 2.93. The van der Waals surface area contributed by atoms with Gasteiger partial charge >= 0.3 is 0 Å². The van der Waals surface area contributed by atoms with E-state index in [2.05, 4.69) is 5.32 Å². The first-order valence-electron chi connectivity index (χ1n) is 5.82. The largest absolute Gasteiger partial charge is 0.342 e. The highest BCUT2D eigenvalue weighted by Gasteiger charge is 2.33. The number of carbonyl (C=O) groups excluding carboxylic acids is 2. The van der Waals surface area contributed by atoms with Gasteiger partial charge in [-0.1, -0.05) is 11.6 Å². The Labute approximate surface area is 119 Å². The fraction of sp³-hybridized carbons (Fsp3) is 0.417. The molecule has 100 valence electrons. The minimum atomic E-state index is -0.361. The lowest BCUT2D eigenvalue weighted by atomic mass is 10.1. The van der Waals surface area contributed by atoms with Crippen LogP contribution in [0.4, 0.5) is 5.00 Å². The van der Waals surface area contributed by atoms with E-state index in [0.717, 1.165) is 0 Å². The van der Waals surface area contributed by atoms with Crippen molar-refractivity contribution in [3.8, 4) is 6.07 Å². The van der Waals surface area contributed by atoms with Gasteiger partial charge in [0.25, 0.3) is 0 Å². The van der Waals surface area contributed by atoms with Gasteiger partial charge in [-0.3, -0.25) is 9.59 Å². The SMILES string of the molecule is CCN1C[C@H](C(=O)Nc2scc(Cl)c2C#N)CC1=O. The normalized spacial score (nSPS) is 18.5. The number of nitrogens with zero attached hydrogens (tertiary/aromatic N) is 2. The van der Waals surface area contributed by atoms with Crippen LogP contribution in [-0.4, -0.2) is 29.8 Å². The van der Waals surface area contributed by atoms with Gasteiger partial charge in [0.1, 0.15) is 16.6 Å². The summed E-state index contributed by atoms with van der Waals surface area (Å²) < 4.78 is 0. The zero-order valence-corrected chi connectivity index (χ0v) is 11.8. The molecule has 1 N–H and O–H groups in total. The number of carbonyl (C=O) groups is 2. The molecule has 1 aromatic heterocycles. The molecule has 0 bridgehead atoms. The molecule has 2 heterocycles. The first-order chi connectivity index (χ1) is 9.06. The molecule has 0 saturated carbocycles. The van der Waals surface area contributed by atoms with Gasteiger partial charge in [0.15, 0.2) is 0 Å². The van der Waals surface area contributed by atoms with Crippen molar-refractivity contribution in [3.05, 3.63) is 16.0 Å². The molecule has 0 unspecified atom stereocenters. The topological polar surface area (TPSA) is 73.2 Å². The molecule has 1 atom stereocenters. The fourth-order valence-electron chi connectivity index (χ4n) is 2.00. The van der Waals surface area contributed by atoms with Crippen molar-refractivity contribution in [3.63, 3.8) is 0 Å². The van der Waals surface area contributed by atoms with E-state index >= 15 is 0 Å². The molecule has 2 rings (SSSR count). The summed E-state index contributed by atoms with van der Waals surface area (Å²) in [7, 11) is 0. The van der Waals surface area contributed by atoms with Crippen LogP contribution in [0.25, 0.3) is 0 Å². The molecule has 0 radical (unpaired) electrons. The number of halogens is 1. The van der Waals surface area contributed by atoms with E-state index in [1.54, 1.807) is 10.3 Å². The summed E-state index contributed by atoms with van der Waals surface area (Å²) in [4.78, 5) is 25.3. The molecule has 0 aliphatic carbocycles. The average molecular weight is 298 g/mol. The minimum absolute atomic E-state index is 0.00707. The van der Waals surface area contributed by atoms with Gasteiger partial charge in [-0.05, 0) is 6.92 Å². The number of nitrogens with one attached hydrogen (secondary N) is 1. The van der Waals surface area contributed by atoms with Crippen molar-refractivity contribution in [1.29, 1.82) is 5.26 Å². The molecule has 1 fully saturated rings. The summed E-state index contributed by atoms with van der Waals surface area (Å²) in [5.74, 6) is -0.605. The molecule has 19 heavy (non-hydrogen) atoms. The smallest absolute Gasteiger partial charge is 0.230 e. The number of hydrogen-bond acceptors (Lipinski definition) is 4. The molecule has 5 nitrogen and oxygen atoms in total. The third kappa shape index (κ3) is 2.72. The van der Waals surface area contributed by atoms with E-state index in [1.165, 1.54) is 11.3 Å². The van der Waals surface area contributed by atoms with Gasteiger partial charge < -0.3 is 10.2 Å². The molecule has 1 saturated heterocycles. The lowest BCUT2D eigenvalue weighted by molar-refractivity contribution is -0.128. The van der Waals surface area contributed by atoms with E-state index in [1.807, 2.05) is 13.0 Å². The maximum atomic E-state index is 12.1. The highest BCUT2D eigenvalue weighted by Crippen LogP contribution is 2.32. The summed E-state index contributed by atoms with van der Waals surface area (Å²) in [6.07, 6.45) is 0.223. The van der Waals surface area contributed by atoms with Crippen LogP contribution in [0.3, 0.4) is 0 Å². The lowest BCUT2D eigenvalue weighted by Crippen LogP contribution is -2.28. The Bertz CT molecular complexity index is 564. The first-order valence-corrected chi connectivity index (χ1v) is 7.08. The minimum Gasteiger partial charge on any atom is -0.342 e. The quantitative estimate of drug-likeness (QED) is 0.928. The van der Waals surface area contributed by atoms with Crippen LogP contribution in [0, 0.1) is 17.2 Å². The van der Waals surface area contributed by atoms with Crippen LogP contribution in [0.1, 0.15) is 18.9 Å². The van der Waals surface area contributed by atoms with Gasteiger partial charge in [-0.2, -0.15) is 5.26 Å². The summed E-state index contributed by atoms with van der Waals surface area (Å²) in [6, 6.07) is 1.95. The van der Waals surface area contributed by atoms with Gasteiger partial charge in [-0.25, -0.2) is 0 Å². The fourth-order valence-corrected chi connectivity index (χ4v) is 3.10. The van der Waals surface area contributed by atoms with Gasteiger partial charge in [0.2, 0.25) is 11.8 Å². The van der Waals surface area contributed by atoms with Gasteiger partial charge in [0.05, 0.1) is 10.9 Å². The van der Waals surface area contributed by atoms with Crippen molar-refractivity contribution in [2.75, 3.05) is 18.4 Å². The van der Waals surface area contributed by atoms with E-state index in [4.69, 9.17) is 16.9 Å². The van der Waals surface area contributed by atoms with Crippen molar-refractivity contribution in [1.82, 2.24) is 4.90 Å². The van der Waals surface area contributed by atoms with E-state index < -0.39 is 0 Å².